The Balaban J connectivity index is 2.39. The molecule has 0 aliphatic rings. The number of rotatable bonds is 6. The van der Waals surface area contributed by atoms with Gasteiger partial charge in [-0.25, -0.2) is 4.98 Å². The number of imidazole rings is 1. The summed E-state index contributed by atoms with van der Waals surface area (Å²) in [6.07, 6.45) is 10.8. The molecule has 2 unspecified atom stereocenters. The molecule has 5 heteroatoms. The number of nitrogens with zero attached hydrogens (tertiary/aromatic N) is 2. The summed E-state index contributed by atoms with van der Waals surface area (Å²) in [6.45, 7) is 0. The number of benzene rings is 1. The highest BCUT2D eigenvalue weighted by molar-refractivity contribution is 6.35. The van der Waals surface area contributed by atoms with Gasteiger partial charge in [0.1, 0.15) is 5.82 Å². The maximum absolute atomic E-state index is 9.59. The summed E-state index contributed by atoms with van der Waals surface area (Å²) in [5, 5.41) is 10.7. The first-order chi connectivity index (χ1) is 10.7. The Morgan fingerprint density at radius 3 is 2.77 bits per heavy atom. The second-order valence-corrected chi connectivity index (χ2v) is 5.79. The van der Waals surface area contributed by atoms with Crippen LogP contribution in [0.15, 0.2) is 30.6 Å². The minimum absolute atomic E-state index is 0.234. The summed E-state index contributed by atoms with van der Waals surface area (Å²) < 4.78 is 0. The highest BCUT2D eigenvalue weighted by Gasteiger charge is 2.28. The van der Waals surface area contributed by atoms with Crippen LogP contribution in [-0.4, -0.2) is 9.97 Å². The quantitative estimate of drug-likeness (QED) is 0.611. The standard InChI is InChI=1S/C17H15Cl2N3/c1-2-3-4-5-12(11-20)16(17-21-8-9-22-17)14-7-6-13(18)10-15(14)19/h1,6-10,12,16H,3-5H2,(H,21,22). The molecule has 1 N–H and O–H groups in total. The first-order valence-electron chi connectivity index (χ1n) is 6.94. The first-order valence-corrected chi connectivity index (χ1v) is 7.70. The molecule has 2 atom stereocenters. The Morgan fingerprint density at radius 2 is 2.18 bits per heavy atom. The van der Waals surface area contributed by atoms with E-state index < -0.39 is 0 Å². The molecular formula is C17H15Cl2N3. The summed E-state index contributed by atoms with van der Waals surface area (Å²) >= 11 is 12.3. The van der Waals surface area contributed by atoms with Crippen molar-refractivity contribution < 1.29 is 0 Å². The van der Waals surface area contributed by atoms with Gasteiger partial charge in [-0.1, -0.05) is 29.3 Å². The van der Waals surface area contributed by atoms with Crippen LogP contribution in [0.5, 0.6) is 0 Å². The van der Waals surface area contributed by atoms with Crippen LogP contribution in [0.1, 0.15) is 36.6 Å². The third-order valence-electron chi connectivity index (χ3n) is 3.52. The number of aromatic amines is 1. The van der Waals surface area contributed by atoms with Crippen LogP contribution in [-0.2, 0) is 0 Å². The molecule has 0 saturated carbocycles. The number of unbranched alkanes of at least 4 members (excludes halogenated alkanes) is 1. The van der Waals surface area contributed by atoms with Crippen molar-refractivity contribution in [2.24, 2.45) is 5.92 Å². The third kappa shape index (κ3) is 3.83. The van der Waals surface area contributed by atoms with E-state index in [1.54, 1.807) is 24.5 Å². The van der Waals surface area contributed by atoms with E-state index in [-0.39, 0.29) is 11.8 Å². The fraction of sp³-hybridized carbons (Fsp3) is 0.294. The monoisotopic (exact) mass is 331 g/mol. The molecule has 2 rings (SSSR count). The predicted octanol–water partition coefficient (Wildman–Crippen LogP) is 4.79. The Bertz CT molecular complexity index is 696. The molecule has 0 aliphatic heterocycles. The number of nitrogens with one attached hydrogen (secondary N) is 1. The molecule has 112 valence electrons. The molecule has 1 aromatic carbocycles. The van der Waals surface area contributed by atoms with E-state index in [1.807, 2.05) is 6.07 Å². The van der Waals surface area contributed by atoms with Gasteiger partial charge in [-0.05, 0) is 30.5 Å². The third-order valence-corrected chi connectivity index (χ3v) is 4.08. The number of hydrogen-bond donors (Lipinski definition) is 1. The van der Waals surface area contributed by atoms with Crippen molar-refractivity contribution in [1.82, 2.24) is 9.97 Å². The molecule has 1 aromatic heterocycles. The molecule has 0 bridgehead atoms. The lowest BCUT2D eigenvalue weighted by atomic mass is 9.83. The van der Waals surface area contributed by atoms with Gasteiger partial charge >= 0.3 is 0 Å². The van der Waals surface area contributed by atoms with Gasteiger partial charge in [0.05, 0.1) is 17.9 Å². The molecule has 0 saturated heterocycles. The van der Waals surface area contributed by atoms with Crippen molar-refractivity contribution in [3.63, 3.8) is 0 Å². The Morgan fingerprint density at radius 1 is 1.36 bits per heavy atom. The topological polar surface area (TPSA) is 52.5 Å². The Labute approximate surface area is 140 Å². The summed E-state index contributed by atoms with van der Waals surface area (Å²) in [5.74, 6) is 2.82. The SMILES string of the molecule is C#CCCCC(C#N)C(c1ncc[nH]1)c1ccc(Cl)cc1Cl. The number of nitriles is 1. The van der Waals surface area contributed by atoms with Gasteiger partial charge in [0.25, 0.3) is 0 Å². The molecular weight excluding hydrogens is 317 g/mol. The Hall–Kier alpha value is -1.94. The van der Waals surface area contributed by atoms with Crippen LogP contribution in [0.25, 0.3) is 0 Å². The summed E-state index contributed by atoms with van der Waals surface area (Å²) in [6, 6.07) is 7.68. The predicted molar refractivity (Wildman–Crippen MR) is 88.7 cm³/mol. The zero-order valence-corrected chi connectivity index (χ0v) is 13.4. The lowest BCUT2D eigenvalue weighted by Crippen LogP contribution is -2.15. The number of hydrogen-bond acceptors (Lipinski definition) is 2. The second-order valence-electron chi connectivity index (χ2n) is 4.95. The van der Waals surface area contributed by atoms with Crippen molar-refractivity contribution >= 4 is 23.2 Å². The lowest BCUT2D eigenvalue weighted by Gasteiger charge is -2.21. The second kappa shape index (κ2) is 7.90. The highest BCUT2D eigenvalue weighted by Crippen LogP contribution is 2.37. The van der Waals surface area contributed by atoms with E-state index >= 15 is 0 Å². The molecule has 0 radical (unpaired) electrons. The molecule has 0 spiro atoms. The molecule has 0 aliphatic carbocycles. The lowest BCUT2D eigenvalue weighted by molar-refractivity contribution is 0.506. The fourth-order valence-electron chi connectivity index (χ4n) is 2.49. The number of halogens is 2. The summed E-state index contributed by atoms with van der Waals surface area (Å²) in [4.78, 5) is 7.40. The van der Waals surface area contributed by atoms with Crippen LogP contribution in [0.2, 0.25) is 10.0 Å². The van der Waals surface area contributed by atoms with Crippen LogP contribution in [0, 0.1) is 29.6 Å². The van der Waals surface area contributed by atoms with Crippen molar-refractivity contribution in [3.05, 3.63) is 52.0 Å². The normalized spacial score (nSPS) is 13.1. The van der Waals surface area contributed by atoms with E-state index in [9.17, 15) is 5.26 Å². The number of H-pyrrole nitrogens is 1. The van der Waals surface area contributed by atoms with E-state index in [4.69, 9.17) is 29.6 Å². The smallest absolute Gasteiger partial charge is 0.114 e. The van der Waals surface area contributed by atoms with E-state index in [1.165, 1.54) is 0 Å². The van der Waals surface area contributed by atoms with Crippen LogP contribution >= 0.6 is 23.2 Å². The first kappa shape index (κ1) is 16.4. The number of aromatic nitrogens is 2. The zero-order valence-electron chi connectivity index (χ0n) is 11.9. The molecule has 3 nitrogen and oxygen atoms in total. The zero-order chi connectivity index (χ0) is 15.9. The van der Waals surface area contributed by atoms with Gasteiger partial charge in [-0.3, -0.25) is 0 Å². The fourth-order valence-corrected chi connectivity index (χ4v) is 3.01. The number of terminal acetylenes is 1. The van der Waals surface area contributed by atoms with Gasteiger partial charge in [-0.2, -0.15) is 5.26 Å². The van der Waals surface area contributed by atoms with Gasteiger partial charge in [0.2, 0.25) is 0 Å². The molecule has 1 heterocycles. The Kier molecular flexibility index (Phi) is 5.90. The van der Waals surface area contributed by atoms with E-state index in [2.05, 4.69) is 22.0 Å². The summed E-state index contributed by atoms with van der Waals surface area (Å²) in [5.41, 5.74) is 0.841. The van der Waals surface area contributed by atoms with Gasteiger partial charge in [0, 0.05) is 28.9 Å². The van der Waals surface area contributed by atoms with Crippen molar-refractivity contribution in [2.75, 3.05) is 0 Å². The minimum Gasteiger partial charge on any atom is -0.348 e. The maximum atomic E-state index is 9.59. The molecule has 0 fully saturated rings. The molecule has 2 aromatic rings. The van der Waals surface area contributed by atoms with Crippen LogP contribution < -0.4 is 0 Å². The largest absolute Gasteiger partial charge is 0.348 e. The van der Waals surface area contributed by atoms with Crippen LogP contribution in [0.4, 0.5) is 0 Å². The molecule has 22 heavy (non-hydrogen) atoms. The van der Waals surface area contributed by atoms with Crippen molar-refractivity contribution in [1.29, 1.82) is 5.26 Å². The van der Waals surface area contributed by atoms with Gasteiger partial charge in [0.15, 0.2) is 0 Å². The summed E-state index contributed by atoms with van der Waals surface area (Å²) in [7, 11) is 0. The van der Waals surface area contributed by atoms with E-state index in [0.29, 0.717) is 22.9 Å². The molecule has 0 amide bonds. The minimum atomic E-state index is -0.266. The van der Waals surface area contributed by atoms with Crippen molar-refractivity contribution in [3.8, 4) is 18.4 Å². The average Bonchev–Trinajstić information content (AvgIpc) is 3.02. The highest BCUT2D eigenvalue weighted by atomic mass is 35.5. The van der Waals surface area contributed by atoms with Crippen molar-refractivity contribution in [2.45, 2.75) is 25.2 Å². The van der Waals surface area contributed by atoms with Gasteiger partial charge in [-0.15, -0.1) is 12.3 Å². The average molecular weight is 332 g/mol. The van der Waals surface area contributed by atoms with E-state index in [0.717, 1.165) is 17.8 Å². The van der Waals surface area contributed by atoms with Gasteiger partial charge < -0.3 is 4.98 Å². The maximum Gasteiger partial charge on any atom is 0.114 e. The van der Waals surface area contributed by atoms with Crippen LogP contribution in [0.3, 0.4) is 0 Å².